The number of rotatable bonds is 5. The highest BCUT2D eigenvalue weighted by molar-refractivity contribution is 5.73. The van der Waals surface area contributed by atoms with Crippen LogP contribution in [0.2, 0.25) is 0 Å². The first-order valence-corrected chi connectivity index (χ1v) is 9.22. The molecule has 1 amide bonds. The van der Waals surface area contributed by atoms with E-state index in [0.29, 0.717) is 0 Å². The lowest BCUT2D eigenvalue weighted by atomic mass is 10.2. The molecule has 0 radical (unpaired) electrons. The van der Waals surface area contributed by atoms with Crippen LogP contribution in [0.4, 0.5) is 11.6 Å². The second-order valence-corrected chi connectivity index (χ2v) is 6.62. The van der Waals surface area contributed by atoms with Crippen LogP contribution in [0.1, 0.15) is 25.2 Å². The van der Waals surface area contributed by atoms with Crippen molar-refractivity contribution in [2.45, 2.75) is 27.3 Å². The van der Waals surface area contributed by atoms with Crippen LogP contribution in [0.5, 0.6) is 0 Å². The Morgan fingerprint density at radius 2 is 1.81 bits per heavy atom. The molecule has 1 saturated heterocycles. The zero-order chi connectivity index (χ0) is 18.5. The zero-order valence-corrected chi connectivity index (χ0v) is 15.9. The molecule has 6 nitrogen and oxygen atoms in total. The Balaban J connectivity index is 1.77. The van der Waals surface area contributed by atoms with Gasteiger partial charge >= 0.3 is 0 Å². The highest BCUT2D eigenvalue weighted by Gasteiger charge is 2.21. The smallest absolute Gasteiger partial charge is 0.219 e. The van der Waals surface area contributed by atoms with E-state index in [2.05, 4.69) is 57.0 Å². The van der Waals surface area contributed by atoms with Gasteiger partial charge in [-0.25, -0.2) is 9.97 Å². The number of hydrogen-bond acceptors (Lipinski definition) is 5. The van der Waals surface area contributed by atoms with Crippen LogP contribution in [0.15, 0.2) is 36.4 Å². The molecule has 138 valence electrons. The molecular weight excluding hydrogens is 326 g/mol. The van der Waals surface area contributed by atoms with Gasteiger partial charge in [-0.15, -0.1) is 0 Å². The molecule has 1 aliphatic heterocycles. The molecule has 0 unspecified atom stereocenters. The third-order valence-corrected chi connectivity index (χ3v) is 4.78. The Morgan fingerprint density at radius 1 is 1.12 bits per heavy atom. The van der Waals surface area contributed by atoms with Crippen molar-refractivity contribution in [3.8, 4) is 0 Å². The van der Waals surface area contributed by atoms with Crippen molar-refractivity contribution in [1.29, 1.82) is 0 Å². The molecule has 0 spiro atoms. The summed E-state index contributed by atoms with van der Waals surface area (Å²) < 4.78 is 0. The van der Waals surface area contributed by atoms with Crippen LogP contribution in [-0.2, 0) is 11.3 Å². The summed E-state index contributed by atoms with van der Waals surface area (Å²) in [5.41, 5.74) is 1.27. The maximum absolute atomic E-state index is 11.5. The van der Waals surface area contributed by atoms with Crippen molar-refractivity contribution in [1.82, 2.24) is 14.9 Å². The summed E-state index contributed by atoms with van der Waals surface area (Å²) in [5, 5.41) is 0. The summed E-state index contributed by atoms with van der Waals surface area (Å²) in [5.74, 6) is 2.82. The minimum Gasteiger partial charge on any atom is -0.353 e. The second kappa shape index (κ2) is 8.17. The quantitative estimate of drug-likeness (QED) is 0.827. The summed E-state index contributed by atoms with van der Waals surface area (Å²) in [6.45, 7) is 10.5. The number of carbonyl (C=O) groups excluding carboxylic acids is 1. The normalized spacial score (nSPS) is 14.4. The molecule has 1 aliphatic rings. The molecule has 0 bridgehead atoms. The van der Waals surface area contributed by atoms with Gasteiger partial charge in [0, 0.05) is 52.3 Å². The summed E-state index contributed by atoms with van der Waals surface area (Å²) in [6, 6.07) is 12.5. The zero-order valence-electron chi connectivity index (χ0n) is 15.9. The van der Waals surface area contributed by atoms with Crippen molar-refractivity contribution in [3.63, 3.8) is 0 Å². The fourth-order valence-electron chi connectivity index (χ4n) is 3.27. The van der Waals surface area contributed by atoms with E-state index in [-0.39, 0.29) is 5.91 Å². The standard InChI is InChI=1S/C20H27N5O/c1-4-23(15-18-8-6-5-7-9-18)19-14-20(22-16(2)21-19)25-12-10-24(11-13-25)17(3)26/h5-9,14H,4,10-13,15H2,1-3H3. The summed E-state index contributed by atoms with van der Waals surface area (Å²) in [4.78, 5) is 27.2. The van der Waals surface area contributed by atoms with E-state index in [1.807, 2.05) is 17.9 Å². The molecule has 1 aromatic carbocycles. The van der Waals surface area contributed by atoms with E-state index in [1.54, 1.807) is 6.92 Å². The van der Waals surface area contributed by atoms with E-state index >= 15 is 0 Å². The molecule has 1 aromatic heterocycles. The van der Waals surface area contributed by atoms with Crippen LogP contribution < -0.4 is 9.80 Å². The van der Waals surface area contributed by atoms with Gasteiger partial charge in [-0.3, -0.25) is 4.79 Å². The first kappa shape index (κ1) is 18.2. The van der Waals surface area contributed by atoms with Crippen molar-refractivity contribution in [2.75, 3.05) is 42.5 Å². The highest BCUT2D eigenvalue weighted by Crippen LogP contribution is 2.22. The van der Waals surface area contributed by atoms with Gasteiger partial charge in [0.05, 0.1) is 0 Å². The Labute approximate surface area is 155 Å². The van der Waals surface area contributed by atoms with Crippen molar-refractivity contribution >= 4 is 17.5 Å². The lowest BCUT2D eigenvalue weighted by molar-refractivity contribution is -0.129. The Hall–Kier alpha value is -2.63. The molecule has 26 heavy (non-hydrogen) atoms. The van der Waals surface area contributed by atoms with Gasteiger partial charge in [-0.2, -0.15) is 0 Å². The Bertz CT molecular complexity index is 741. The Morgan fingerprint density at radius 3 is 2.42 bits per heavy atom. The molecule has 2 heterocycles. The average molecular weight is 353 g/mol. The highest BCUT2D eigenvalue weighted by atomic mass is 16.2. The molecule has 0 N–H and O–H groups in total. The molecule has 6 heteroatoms. The lowest BCUT2D eigenvalue weighted by Crippen LogP contribution is -2.48. The third-order valence-electron chi connectivity index (χ3n) is 4.78. The van der Waals surface area contributed by atoms with Crippen molar-refractivity contribution in [2.24, 2.45) is 0 Å². The number of anilines is 2. The van der Waals surface area contributed by atoms with Crippen molar-refractivity contribution in [3.05, 3.63) is 47.8 Å². The minimum absolute atomic E-state index is 0.143. The van der Waals surface area contributed by atoms with E-state index < -0.39 is 0 Å². The molecule has 0 saturated carbocycles. The molecular formula is C20H27N5O. The number of aryl methyl sites for hydroxylation is 1. The predicted molar refractivity (Wildman–Crippen MR) is 104 cm³/mol. The first-order chi connectivity index (χ1) is 12.6. The van der Waals surface area contributed by atoms with Crippen LogP contribution in [-0.4, -0.2) is 53.5 Å². The maximum Gasteiger partial charge on any atom is 0.219 e. The largest absolute Gasteiger partial charge is 0.353 e. The molecule has 2 aromatic rings. The van der Waals surface area contributed by atoms with Crippen LogP contribution in [0.25, 0.3) is 0 Å². The fourth-order valence-corrected chi connectivity index (χ4v) is 3.27. The number of carbonyl (C=O) groups is 1. The Kier molecular flexibility index (Phi) is 5.71. The van der Waals surface area contributed by atoms with Crippen LogP contribution >= 0.6 is 0 Å². The molecule has 1 fully saturated rings. The maximum atomic E-state index is 11.5. The number of aromatic nitrogens is 2. The van der Waals surface area contributed by atoms with E-state index in [4.69, 9.17) is 0 Å². The SMILES string of the molecule is CCN(Cc1ccccc1)c1cc(N2CCN(C(C)=O)CC2)nc(C)n1. The van der Waals surface area contributed by atoms with Gasteiger partial charge < -0.3 is 14.7 Å². The van der Waals surface area contributed by atoms with Gasteiger partial charge in [0.25, 0.3) is 0 Å². The van der Waals surface area contributed by atoms with Crippen LogP contribution in [0.3, 0.4) is 0 Å². The predicted octanol–water partition coefficient (Wildman–Crippen LogP) is 2.48. The second-order valence-electron chi connectivity index (χ2n) is 6.62. The fraction of sp³-hybridized carbons (Fsp3) is 0.450. The van der Waals surface area contributed by atoms with Gasteiger partial charge in [0.1, 0.15) is 17.5 Å². The number of piperazine rings is 1. The number of hydrogen-bond donors (Lipinski definition) is 0. The van der Waals surface area contributed by atoms with Gasteiger partial charge in [0.15, 0.2) is 0 Å². The van der Waals surface area contributed by atoms with Gasteiger partial charge in [-0.1, -0.05) is 30.3 Å². The number of nitrogens with zero attached hydrogens (tertiary/aromatic N) is 5. The van der Waals surface area contributed by atoms with E-state index in [0.717, 1.165) is 56.7 Å². The first-order valence-electron chi connectivity index (χ1n) is 9.22. The van der Waals surface area contributed by atoms with E-state index in [1.165, 1.54) is 5.56 Å². The van der Waals surface area contributed by atoms with Gasteiger partial charge in [-0.05, 0) is 19.4 Å². The molecule has 3 rings (SSSR count). The summed E-state index contributed by atoms with van der Waals surface area (Å²) >= 11 is 0. The monoisotopic (exact) mass is 353 g/mol. The topological polar surface area (TPSA) is 52.6 Å². The number of amides is 1. The summed E-state index contributed by atoms with van der Waals surface area (Å²) in [7, 11) is 0. The third kappa shape index (κ3) is 4.31. The minimum atomic E-state index is 0.143. The average Bonchev–Trinajstić information content (AvgIpc) is 2.66. The van der Waals surface area contributed by atoms with Crippen LogP contribution in [0, 0.1) is 6.92 Å². The van der Waals surface area contributed by atoms with Crippen molar-refractivity contribution < 1.29 is 4.79 Å². The van der Waals surface area contributed by atoms with Gasteiger partial charge in [0.2, 0.25) is 5.91 Å². The molecule has 0 atom stereocenters. The number of benzene rings is 1. The molecule has 0 aliphatic carbocycles. The lowest BCUT2D eigenvalue weighted by Gasteiger charge is -2.35. The van der Waals surface area contributed by atoms with E-state index in [9.17, 15) is 4.79 Å². The summed E-state index contributed by atoms with van der Waals surface area (Å²) in [6.07, 6.45) is 0.